The fourth-order valence-corrected chi connectivity index (χ4v) is 2.34. The Balaban J connectivity index is 2.58. The number of rotatable bonds is 7. The van der Waals surface area contributed by atoms with Gasteiger partial charge in [-0.2, -0.15) is 0 Å². The molecular weight excluding hydrogens is 234 g/mol. The minimum atomic E-state index is -0.0363. The molecule has 19 heavy (non-hydrogen) atoms. The Morgan fingerprint density at radius 3 is 2.26 bits per heavy atom. The van der Waals surface area contributed by atoms with Crippen LogP contribution in [0, 0.1) is 5.41 Å². The fraction of sp³-hybridized carbons (Fsp3) is 0.647. The van der Waals surface area contributed by atoms with Crippen LogP contribution in [0.1, 0.15) is 51.2 Å². The van der Waals surface area contributed by atoms with Gasteiger partial charge in [0.15, 0.2) is 0 Å². The largest absolute Gasteiger partial charge is 0.396 e. The van der Waals surface area contributed by atoms with Crippen LogP contribution in [-0.4, -0.2) is 30.2 Å². The van der Waals surface area contributed by atoms with Gasteiger partial charge in [-0.3, -0.25) is 0 Å². The maximum atomic E-state index is 9.31. The van der Waals surface area contributed by atoms with Crippen molar-refractivity contribution in [1.82, 2.24) is 4.90 Å². The summed E-state index contributed by atoms with van der Waals surface area (Å²) in [6.45, 7) is 10.7. The Morgan fingerprint density at radius 1 is 1.21 bits per heavy atom. The standard InChI is InChI=1S/C17H29NO/c1-6-14(2)16-9-7-15(8-10-16)11-18(5)12-17(3,4)13-19/h7-10,14,19H,6,11-13H2,1-5H3. The first-order chi connectivity index (χ1) is 8.88. The maximum absolute atomic E-state index is 9.31. The van der Waals surface area contributed by atoms with Crippen LogP contribution in [0.2, 0.25) is 0 Å². The molecule has 1 N–H and O–H groups in total. The zero-order valence-corrected chi connectivity index (χ0v) is 13.1. The number of nitrogens with zero attached hydrogens (tertiary/aromatic N) is 1. The average Bonchev–Trinajstić information content (AvgIpc) is 2.38. The van der Waals surface area contributed by atoms with Crippen LogP contribution < -0.4 is 0 Å². The van der Waals surface area contributed by atoms with Gasteiger partial charge in [0.2, 0.25) is 0 Å². The van der Waals surface area contributed by atoms with E-state index in [0.717, 1.165) is 13.1 Å². The summed E-state index contributed by atoms with van der Waals surface area (Å²) >= 11 is 0. The van der Waals surface area contributed by atoms with Crippen molar-refractivity contribution >= 4 is 0 Å². The first-order valence-electron chi connectivity index (χ1n) is 7.26. The second-order valence-corrected chi connectivity index (χ2v) is 6.55. The third kappa shape index (κ3) is 5.33. The minimum Gasteiger partial charge on any atom is -0.396 e. The van der Waals surface area contributed by atoms with Gasteiger partial charge in [-0.25, -0.2) is 0 Å². The average molecular weight is 263 g/mol. The Hall–Kier alpha value is -0.860. The highest BCUT2D eigenvalue weighted by molar-refractivity contribution is 5.24. The molecule has 0 bridgehead atoms. The van der Waals surface area contributed by atoms with Gasteiger partial charge < -0.3 is 10.0 Å². The smallest absolute Gasteiger partial charge is 0.0494 e. The second-order valence-electron chi connectivity index (χ2n) is 6.55. The third-order valence-electron chi connectivity index (χ3n) is 3.74. The minimum absolute atomic E-state index is 0.0363. The molecule has 1 aromatic rings. The quantitative estimate of drug-likeness (QED) is 0.811. The van der Waals surface area contributed by atoms with E-state index >= 15 is 0 Å². The van der Waals surface area contributed by atoms with Crippen LogP contribution in [0.5, 0.6) is 0 Å². The van der Waals surface area contributed by atoms with E-state index in [2.05, 4.69) is 63.9 Å². The number of aliphatic hydroxyl groups excluding tert-OH is 1. The first kappa shape index (κ1) is 16.2. The number of hydrogen-bond donors (Lipinski definition) is 1. The molecule has 0 heterocycles. The van der Waals surface area contributed by atoms with Gasteiger partial charge in [-0.1, -0.05) is 52.0 Å². The predicted molar refractivity (Wildman–Crippen MR) is 82.3 cm³/mol. The molecule has 1 rings (SSSR count). The van der Waals surface area contributed by atoms with Crippen molar-refractivity contribution in [2.45, 2.75) is 46.6 Å². The van der Waals surface area contributed by atoms with E-state index in [1.165, 1.54) is 17.5 Å². The maximum Gasteiger partial charge on any atom is 0.0494 e. The molecule has 0 amide bonds. The molecule has 0 aliphatic heterocycles. The van der Waals surface area contributed by atoms with Crippen molar-refractivity contribution in [3.63, 3.8) is 0 Å². The van der Waals surface area contributed by atoms with Gasteiger partial charge in [-0.15, -0.1) is 0 Å². The molecular formula is C17H29NO. The molecule has 0 aliphatic carbocycles. The van der Waals surface area contributed by atoms with Crippen molar-refractivity contribution in [3.8, 4) is 0 Å². The molecule has 0 saturated heterocycles. The lowest BCUT2D eigenvalue weighted by molar-refractivity contribution is 0.112. The molecule has 1 aromatic carbocycles. The third-order valence-corrected chi connectivity index (χ3v) is 3.74. The van der Waals surface area contributed by atoms with E-state index in [9.17, 15) is 5.11 Å². The lowest BCUT2D eigenvalue weighted by atomic mass is 9.94. The van der Waals surface area contributed by atoms with E-state index in [1.807, 2.05) is 0 Å². The van der Waals surface area contributed by atoms with Gasteiger partial charge in [-0.05, 0) is 30.5 Å². The molecule has 2 heteroatoms. The molecule has 0 spiro atoms. The van der Waals surface area contributed by atoms with E-state index in [0.29, 0.717) is 5.92 Å². The van der Waals surface area contributed by atoms with Crippen LogP contribution in [0.3, 0.4) is 0 Å². The van der Waals surface area contributed by atoms with Crippen LogP contribution in [0.15, 0.2) is 24.3 Å². The lowest BCUT2D eigenvalue weighted by Gasteiger charge is -2.28. The highest BCUT2D eigenvalue weighted by Crippen LogP contribution is 2.20. The van der Waals surface area contributed by atoms with Crippen molar-refractivity contribution in [1.29, 1.82) is 0 Å². The summed E-state index contributed by atoms with van der Waals surface area (Å²) in [5.74, 6) is 0.639. The van der Waals surface area contributed by atoms with Crippen molar-refractivity contribution in [2.75, 3.05) is 20.2 Å². The first-order valence-corrected chi connectivity index (χ1v) is 7.26. The zero-order valence-electron chi connectivity index (χ0n) is 13.1. The van der Waals surface area contributed by atoms with E-state index in [1.54, 1.807) is 0 Å². The van der Waals surface area contributed by atoms with E-state index in [-0.39, 0.29) is 12.0 Å². The van der Waals surface area contributed by atoms with E-state index < -0.39 is 0 Å². The molecule has 0 fully saturated rings. The fourth-order valence-electron chi connectivity index (χ4n) is 2.34. The second kappa shape index (κ2) is 7.06. The summed E-state index contributed by atoms with van der Waals surface area (Å²) in [6.07, 6.45) is 1.18. The zero-order chi connectivity index (χ0) is 14.5. The Morgan fingerprint density at radius 2 is 1.79 bits per heavy atom. The van der Waals surface area contributed by atoms with Gasteiger partial charge in [0.1, 0.15) is 0 Å². The van der Waals surface area contributed by atoms with Crippen molar-refractivity contribution < 1.29 is 5.11 Å². The molecule has 0 radical (unpaired) electrons. The lowest BCUT2D eigenvalue weighted by Crippen LogP contribution is -2.33. The molecule has 2 nitrogen and oxygen atoms in total. The van der Waals surface area contributed by atoms with Gasteiger partial charge in [0, 0.05) is 25.1 Å². The summed E-state index contributed by atoms with van der Waals surface area (Å²) in [7, 11) is 2.11. The normalized spacial score (nSPS) is 13.8. The molecule has 108 valence electrons. The highest BCUT2D eigenvalue weighted by atomic mass is 16.3. The molecule has 0 aromatic heterocycles. The molecule has 0 saturated carbocycles. The number of benzene rings is 1. The summed E-state index contributed by atoms with van der Waals surface area (Å²) in [5.41, 5.74) is 2.72. The monoisotopic (exact) mass is 263 g/mol. The molecule has 0 aliphatic rings. The summed E-state index contributed by atoms with van der Waals surface area (Å²) < 4.78 is 0. The van der Waals surface area contributed by atoms with Gasteiger partial charge in [0.25, 0.3) is 0 Å². The van der Waals surface area contributed by atoms with Crippen molar-refractivity contribution in [2.24, 2.45) is 5.41 Å². The van der Waals surface area contributed by atoms with Gasteiger partial charge in [0.05, 0.1) is 0 Å². The van der Waals surface area contributed by atoms with Crippen molar-refractivity contribution in [3.05, 3.63) is 35.4 Å². The Bertz CT molecular complexity index is 369. The predicted octanol–water partition coefficient (Wildman–Crippen LogP) is 3.65. The van der Waals surface area contributed by atoms with Crippen LogP contribution >= 0.6 is 0 Å². The van der Waals surface area contributed by atoms with Crippen LogP contribution in [0.25, 0.3) is 0 Å². The summed E-state index contributed by atoms with van der Waals surface area (Å²) in [6, 6.07) is 8.94. The molecule has 1 unspecified atom stereocenters. The SMILES string of the molecule is CCC(C)c1ccc(CN(C)CC(C)(C)CO)cc1. The summed E-state index contributed by atoms with van der Waals surface area (Å²) in [4.78, 5) is 2.27. The number of hydrogen-bond acceptors (Lipinski definition) is 2. The molecule has 1 atom stereocenters. The summed E-state index contributed by atoms with van der Waals surface area (Å²) in [5, 5.41) is 9.31. The van der Waals surface area contributed by atoms with Crippen LogP contribution in [0.4, 0.5) is 0 Å². The highest BCUT2D eigenvalue weighted by Gasteiger charge is 2.18. The van der Waals surface area contributed by atoms with Crippen LogP contribution in [-0.2, 0) is 6.54 Å². The Kier molecular flexibility index (Phi) is 6.02. The van der Waals surface area contributed by atoms with E-state index in [4.69, 9.17) is 0 Å². The number of aliphatic hydroxyl groups is 1. The topological polar surface area (TPSA) is 23.5 Å². The van der Waals surface area contributed by atoms with Gasteiger partial charge >= 0.3 is 0 Å². The Labute approximate surface area is 118 Å².